The molecular formula is C19H22F3NO4. The molecule has 148 valence electrons. The number of hydrogen-bond donors (Lipinski definition) is 1. The molecule has 0 bridgehead atoms. The van der Waals surface area contributed by atoms with Crippen LogP contribution in [0.3, 0.4) is 0 Å². The van der Waals surface area contributed by atoms with Crippen molar-refractivity contribution in [1.82, 2.24) is 4.90 Å². The third kappa shape index (κ3) is 3.78. The van der Waals surface area contributed by atoms with E-state index in [0.29, 0.717) is 30.1 Å². The van der Waals surface area contributed by atoms with E-state index < -0.39 is 23.4 Å². The molecule has 27 heavy (non-hydrogen) atoms. The van der Waals surface area contributed by atoms with E-state index in [0.717, 1.165) is 25.0 Å². The Labute approximate surface area is 155 Å². The van der Waals surface area contributed by atoms with Crippen LogP contribution in [0.15, 0.2) is 18.2 Å². The van der Waals surface area contributed by atoms with Gasteiger partial charge in [-0.2, -0.15) is 13.2 Å². The number of carbonyl (C=O) groups is 1. The average molecular weight is 385 g/mol. The molecule has 1 aromatic rings. The molecule has 2 aliphatic heterocycles. The van der Waals surface area contributed by atoms with Gasteiger partial charge in [0.2, 0.25) is 5.91 Å². The molecule has 0 aromatic heterocycles. The number of hydrogen-bond acceptors (Lipinski definition) is 4. The highest BCUT2D eigenvalue weighted by Crippen LogP contribution is 2.48. The lowest BCUT2D eigenvalue weighted by atomic mass is 9.84. The molecule has 0 radical (unpaired) electrons. The van der Waals surface area contributed by atoms with E-state index in [2.05, 4.69) is 0 Å². The zero-order valence-electron chi connectivity index (χ0n) is 14.8. The Morgan fingerprint density at radius 3 is 2.70 bits per heavy atom. The van der Waals surface area contributed by atoms with E-state index in [1.807, 2.05) is 0 Å². The summed E-state index contributed by atoms with van der Waals surface area (Å²) >= 11 is 0. The fourth-order valence-corrected chi connectivity index (χ4v) is 3.99. The quantitative estimate of drug-likeness (QED) is 0.869. The number of nitrogens with zero attached hydrogens (tertiary/aromatic N) is 1. The molecule has 1 N–H and O–H groups in total. The van der Waals surface area contributed by atoms with Crippen molar-refractivity contribution in [3.63, 3.8) is 0 Å². The Kier molecular flexibility index (Phi) is 4.58. The summed E-state index contributed by atoms with van der Waals surface area (Å²) < 4.78 is 50.2. The molecule has 1 saturated carbocycles. The van der Waals surface area contributed by atoms with Crippen LogP contribution in [0, 0.1) is 5.92 Å². The van der Waals surface area contributed by atoms with Crippen molar-refractivity contribution in [3.05, 3.63) is 29.3 Å². The third-order valence-electron chi connectivity index (χ3n) is 5.71. The van der Waals surface area contributed by atoms with Gasteiger partial charge in [0.25, 0.3) is 0 Å². The zero-order chi connectivity index (χ0) is 19.2. The Morgan fingerprint density at radius 2 is 2.07 bits per heavy atom. The summed E-state index contributed by atoms with van der Waals surface area (Å²) in [6, 6.07) is 3.33. The van der Waals surface area contributed by atoms with Crippen molar-refractivity contribution >= 4 is 5.91 Å². The first kappa shape index (κ1) is 18.6. The summed E-state index contributed by atoms with van der Waals surface area (Å²) in [7, 11) is 0. The van der Waals surface area contributed by atoms with Crippen LogP contribution in [0.4, 0.5) is 13.2 Å². The Hall–Kier alpha value is -1.80. The minimum absolute atomic E-state index is 0.0145. The second-order valence-electron chi connectivity index (χ2n) is 7.70. The number of rotatable bonds is 3. The number of ether oxygens (including phenoxy) is 2. The van der Waals surface area contributed by atoms with E-state index >= 15 is 0 Å². The second-order valence-corrected chi connectivity index (χ2v) is 7.70. The van der Waals surface area contributed by atoms with Crippen LogP contribution in [0.5, 0.6) is 5.75 Å². The number of carbonyl (C=O) groups excluding carboxylic acids is 1. The SMILES string of the molecule is O=C(C[C@@]1(C2CC2)CCC(O)CO1)N1COc2ccc(C(F)(F)F)cc2C1. The van der Waals surface area contributed by atoms with Gasteiger partial charge in [0.15, 0.2) is 6.73 Å². The van der Waals surface area contributed by atoms with Crippen LogP contribution < -0.4 is 4.74 Å². The maximum atomic E-state index is 12.9. The van der Waals surface area contributed by atoms with Crippen LogP contribution in [0.2, 0.25) is 0 Å². The highest BCUT2D eigenvalue weighted by molar-refractivity contribution is 5.77. The summed E-state index contributed by atoms with van der Waals surface area (Å²) in [5.41, 5.74) is -0.965. The largest absolute Gasteiger partial charge is 0.473 e. The van der Waals surface area contributed by atoms with Crippen molar-refractivity contribution in [2.24, 2.45) is 5.92 Å². The smallest absolute Gasteiger partial charge is 0.416 e. The van der Waals surface area contributed by atoms with Crippen molar-refractivity contribution in [2.45, 2.75) is 56.5 Å². The van der Waals surface area contributed by atoms with E-state index in [-0.39, 0.29) is 32.2 Å². The Morgan fingerprint density at radius 1 is 1.30 bits per heavy atom. The molecular weight excluding hydrogens is 363 g/mol. The number of alkyl halides is 3. The van der Waals surface area contributed by atoms with E-state index in [4.69, 9.17) is 9.47 Å². The van der Waals surface area contributed by atoms with Crippen LogP contribution in [-0.2, 0) is 22.3 Å². The zero-order valence-corrected chi connectivity index (χ0v) is 14.8. The third-order valence-corrected chi connectivity index (χ3v) is 5.71. The second kappa shape index (κ2) is 6.67. The van der Waals surface area contributed by atoms with Crippen LogP contribution >= 0.6 is 0 Å². The summed E-state index contributed by atoms with van der Waals surface area (Å²) in [4.78, 5) is 14.3. The first-order valence-corrected chi connectivity index (χ1v) is 9.19. The highest BCUT2D eigenvalue weighted by atomic mass is 19.4. The molecule has 1 aromatic carbocycles. The van der Waals surface area contributed by atoms with E-state index in [1.165, 1.54) is 11.0 Å². The molecule has 2 fully saturated rings. The van der Waals surface area contributed by atoms with Gasteiger partial charge in [0.05, 0.1) is 36.8 Å². The van der Waals surface area contributed by atoms with Gasteiger partial charge in [-0.1, -0.05) is 0 Å². The molecule has 0 spiro atoms. The lowest BCUT2D eigenvalue weighted by Gasteiger charge is -2.40. The van der Waals surface area contributed by atoms with E-state index in [9.17, 15) is 23.1 Å². The molecule has 2 heterocycles. The molecule has 2 atom stereocenters. The molecule has 8 heteroatoms. The monoisotopic (exact) mass is 385 g/mol. The number of aliphatic hydroxyl groups excluding tert-OH is 1. The van der Waals surface area contributed by atoms with Gasteiger partial charge in [-0.25, -0.2) is 0 Å². The average Bonchev–Trinajstić information content (AvgIpc) is 3.48. The standard InChI is InChI=1S/C19H22F3NO4/c20-19(21,22)14-3-4-16-12(7-14)9-23(11-26-16)17(25)8-18(13-1-2-13)6-5-15(24)10-27-18/h3-4,7,13,15,24H,1-2,5-6,8-11H2/t15?,18-/m1/s1. The predicted octanol–water partition coefficient (Wildman–Crippen LogP) is 3.09. The van der Waals surface area contributed by atoms with Gasteiger partial charge in [-0.15, -0.1) is 0 Å². The van der Waals surface area contributed by atoms with Gasteiger partial charge in [0.1, 0.15) is 5.75 Å². The van der Waals surface area contributed by atoms with Gasteiger partial charge in [-0.05, 0) is 49.8 Å². The maximum absolute atomic E-state index is 12.9. The van der Waals surface area contributed by atoms with Gasteiger partial charge in [0, 0.05) is 5.56 Å². The molecule has 4 rings (SSSR count). The normalized spacial score (nSPS) is 28.4. The summed E-state index contributed by atoms with van der Waals surface area (Å²) in [5, 5.41) is 9.70. The maximum Gasteiger partial charge on any atom is 0.416 e. The molecule has 3 aliphatic rings. The van der Waals surface area contributed by atoms with Crippen LogP contribution in [-0.4, -0.2) is 41.0 Å². The van der Waals surface area contributed by atoms with Crippen molar-refractivity contribution in [2.75, 3.05) is 13.3 Å². The van der Waals surface area contributed by atoms with Crippen molar-refractivity contribution < 1.29 is 32.5 Å². The predicted molar refractivity (Wildman–Crippen MR) is 88.8 cm³/mol. The molecule has 5 nitrogen and oxygen atoms in total. The first-order chi connectivity index (χ1) is 12.8. The van der Waals surface area contributed by atoms with Gasteiger partial charge < -0.3 is 19.5 Å². The van der Waals surface area contributed by atoms with Gasteiger partial charge in [-0.3, -0.25) is 4.79 Å². The number of aliphatic hydroxyl groups is 1. The number of halogens is 3. The minimum Gasteiger partial charge on any atom is -0.473 e. The molecule has 1 saturated heterocycles. The number of amides is 1. The topological polar surface area (TPSA) is 59.0 Å². The lowest BCUT2D eigenvalue weighted by molar-refractivity contribution is -0.162. The van der Waals surface area contributed by atoms with Crippen molar-refractivity contribution in [1.29, 1.82) is 0 Å². The summed E-state index contributed by atoms with van der Waals surface area (Å²) in [6.07, 6.45) is -1.56. The van der Waals surface area contributed by atoms with Crippen molar-refractivity contribution in [3.8, 4) is 5.75 Å². The lowest BCUT2D eigenvalue weighted by Crippen LogP contribution is -2.48. The molecule has 1 aliphatic carbocycles. The highest BCUT2D eigenvalue weighted by Gasteiger charge is 2.50. The molecule has 1 amide bonds. The Bertz CT molecular complexity index is 724. The fraction of sp³-hybridized carbons (Fsp3) is 0.632. The van der Waals surface area contributed by atoms with Crippen LogP contribution in [0.25, 0.3) is 0 Å². The summed E-state index contributed by atoms with van der Waals surface area (Å²) in [5.74, 6) is 0.492. The van der Waals surface area contributed by atoms with E-state index in [1.54, 1.807) is 0 Å². The molecule has 1 unspecified atom stereocenters. The Balaban J connectivity index is 1.47. The number of benzene rings is 1. The first-order valence-electron chi connectivity index (χ1n) is 9.19. The van der Waals surface area contributed by atoms with Gasteiger partial charge >= 0.3 is 6.18 Å². The number of fused-ring (bicyclic) bond motifs is 1. The summed E-state index contributed by atoms with van der Waals surface area (Å²) in [6.45, 7) is 0.320. The van der Waals surface area contributed by atoms with Crippen LogP contribution in [0.1, 0.15) is 43.2 Å². The fourth-order valence-electron chi connectivity index (χ4n) is 3.99. The minimum atomic E-state index is -4.44.